The lowest BCUT2D eigenvalue weighted by atomic mass is 9.98. The molecule has 0 unspecified atom stereocenters. The Morgan fingerprint density at radius 3 is 2.69 bits per heavy atom. The zero-order chi connectivity index (χ0) is 22.4. The summed E-state index contributed by atoms with van der Waals surface area (Å²) in [6.07, 6.45) is 6.17. The largest absolute Gasteiger partial charge is 0.356 e. The summed E-state index contributed by atoms with van der Waals surface area (Å²) in [7, 11) is 0. The van der Waals surface area contributed by atoms with Gasteiger partial charge in [0, 0.05) is 43.0 Å². The Labute approximate surface area is 198 Å². The quantitative estimate of drug-likeness (QED) is 0.501. The van der Waals surface area contributed by atoms with E-state index in [0.717, 1.165) is 55.1 Å². The van der Waals surface area contributed by atoms with E-state index in [0.29, 0.717) is 28.1 Å². The molecular formula is C24H27Cl2N5O. The number of likely N-dealkylation sites (tertiary alicyclic amines) is 1. The summed E-state index contributed by atoms with van der Waals surface area (Å²) in [6, 6.07) is 7.01. The highest BCUT2D eigenvalue weighted by Gasteiger charge is 2.31. The van der Waals surface area contributed by atoms with Gasteiger partial charge in [-0.05, 0) is 56.7 Å². The number of anilines is 1. The summed E-state index contributed by atoms with van der Waals surface area (Å²) in [6.45, 7) is 7.15. The SMILES string of the molecule is Cc1cn2nc([C@@H]3CCCCN3C(=O)c3ccc(Cl)c(Cl)c3)cc2nc1N1CC[C@H](C)C1. The second-order valence-corrected chi connectivity index (χ2v) is 9.91. The molecule has 0 radical (unpaired) electrons. The van der Waals surface area contributed by atoms with Crippen molar-refractivity contribution >= 4 is 40.6 Å². The molecule has 1 aromatic carbocycles. The van der Waals surface area contributed by atoms with E-state index in [1.165, 1.54) is 6.42 Å². The fourth-order valence-corrected chi connectivity index (χ4v) is 5.20. The minimum Gasteiger partial charge on any atom is -0.356 e. The second kappa shape index (κ2) is 8.56. The number of carbonyl (C=O) groups excluding carboxylic acids is 1. The fourth-order valence-electron chi connectivity index (χ4n) is 4.91. The molecule has 0 bridgehead atoms. The Morgan fingerprint density at radius 2 is 1.94 bits per heavy atom. The van der Waals surface area contributed by atoms with Crippen LogP contribution in [0.5, 0.6) is 0 Å². The first kappa shape index (κ1) is 21.5. The van der Waals surface area contributed by atoms with Gasteiger partial charge in [0.2, 0.25) is 0 Å². The number of nitrogens with zero attached hydrogens (tertiary/aromatic N) is 5. The molecule has 0 saturated carbocycles. The smallest absolute Gasteiger partial charge is 0.254 e. The molecule has 8 heteroatoms. The van der Waals surface area contributed by atoms with Crippen LogP contribution < -0.4 is 4.90 Å². The number of carbonyl (C=O) groups is 1. The van der Waals surface area contributed by atoms with Crippen LogP contribution in [0.25, 0.3) is 5.65 Å². The molecule has 4 heterocycles. The summed E-state index contributed by atoms with van der Waals surface area (Å²) < 4.78 is 1.85. The molecule has 1 amide bonds. The van der Waals surface area contributed by atoms with Gasteiger partial charge < -0.3 is 9.80 Å². The molecule has 5 rings (SSSR count). The van der Waals surface area contributed by atoms with E-state index in [4.69, 9.17) is 33.3 Å². The van der Waals surface area contributed by atoms with E-state index >= 15 is 0 Å². The number of fused-ring (bicyclic) bond motifs is 1. The number of piperidine rings is 1. The van der Waals surface area contributed by atoms with Crippen LogP contribution in [0.15, 0.2) is 30.5 Å². The van der Waals surface area contributed by atoms with Gasteiger partial charge in [0.15, 0.2) is 5.65 Å². The van der Waals surface area contributed by atoms with Gasteiger partial charge in [-0.2, -0.15) is 5.10 Å². The average molecular weight is 472 g/mol. The molecule has 168 valence electrons. The first-order valence-electron chi connectivity index (χ1n) is 11.3. The summed E-state index contributed by atoms with van der Waals surface area (Å²) in [4.78, 5) is 22.6. The van der Waals surface area contributed by atoms with Gasteiger partial charge in [0.25, 0.3) is 5.91 Å². The zero-order valence-corrected chi connectivity index (χ0v) is 19.9. The Kier molecular flexibility index (Phi) is 5.76. The Bertz CT molecular complexity index is 1180. The predicted molar refractivity (Wildman–Crippen MR) is 128 cm³/mol. The topological polar surface area (TPSA) is 53.7 Å². The molecule has 32 heavy (non-hydrogen) atoms. The van der Waals surface area contributed by atoms with Gasteiger partial charge in [-0.3, -0.25) is 4.79 Å². The first-order valence-corrected chi connectivity index (χ1v) is 12.0. The van der Waals surface area contributed by atoms with Crippen LogP contribution in [0.3, 0.4) is 0 Å². The number of aromatic nitrogens is 3. The maximum atomic E-state index is 13.3. The third kappa shape index (κ3) is 3.95. The highest BCUT2D eigenvalue weighted by atomic mass is 35.5. The predicted octanol–water partition coefficient (Wildman–Crippen LogP) is 5.56. The summed E-state index contributed by atoms with van der Waals surface area (Å²) >= 11 is 12.2. The minimum atomic E-state index is -0.0806. The third-order valence-corrected chi connectivity index (χ3v) is 7.36. The van der Waals surface area contributed by atoms with Crippen LogP contribution in [0.2, 0.25) is 10.0 Å². The lowest BCUT2D eigenvalue weighted by Gasteiger charge is -2.34. The third-order valence-electron chi connectivity index (χ3n) is 6.62. The highest BCUT2D eigenvalue weighted by Crippen LogP contribution is 2.34. The van der Waals surface area contributed by atoms with Gasteiger partial charge >= 0.3 is 0 Å². The highest BCUT2D eigenvalue weighted by molar-refractivity contribution is 6.42. The van der Waals surface area contributed by atoms with Crippen LogP contribution in [-0.2, 0) is 0 Å². The van der Waals surface area contributed by atoms with Crippen molar-refractivity contribution in [3.63, 3.8) is 0 Å². The molecule has 3 aromatic rings. The molecule has 2 saturated heterocycles. The van der Waals surface area contributed by atoms with E-state index in [9.17, 15) is 4.79 Å². The van der Waals surface area contributed by atoms with Crippen molar-refractivity contribution in [2.75, 3.05) is 24.5 Å². The maximum absolute atomic E-state index is 13.3. The van der Waals surface area contributed by atoms with Gasteiger partial charge in [-0.25, -0.2) is 9.50 Å². The molecule has 2 atom stereocenters. The molecular weight excluding hydrogens is 445 g/mol. The number of hydrogen-bond donors (Lipinski definition) is 0. The van der Waals surface area contributed by atoms with Crippen LogP contribution >= 0.6 is 23.2 Å². The van der Waals surface area contributed by atoms with Crippen LogP contribution in [0, 0.1) is 12.8 Å². The molecule has 2 fully saturated rings. The van der Waals surface area contributed by atoms with Crippen molar-refractivity contribution < 1.29 is 4.79 Å². The number of hydrogen-bond acceptors (Lipinski definition) is 4. The molecule has 0 aliphatic carbocycles. The van der Waals surface area contributed by atoms with Crippen molar-refractivity contribution in [2.45, 2.75) is 45.6 Å². The minimum absolute atomic E-state index is 0.0406. The van der Waals surface area contributed by atoms with Gasteiger partial charge in [-0.1, -0.05) is 30.1 Å². The van der Waals surface area contributed by atoms with Gasteiger partial charge in [0.1, 0.15) is 5.82 Å². The van der Waals surface area contributed by atoms with E-state index in [-0.39, 0.29) is 11.9 Å². The molecule has 2 aliphatic heterocycles. The molecule has 2 aromatic heterocycles. The van der Waals surface area contributed by atoms with E-state index in [1.54, 1.807) is 18.2 Å². The second-order valence-electron chi connectivity index (χ2n) is 9.10. The normalized spacial score (nSPS) is 21.5. The summed E-state index contributed by atoms with van der Waals surface area (Å²) in [5.41, 5.74) is 3.38. The van der Waals surface area contributed by atoms with Crippen LogP contribution in [-0.4, -0.2) is 45.0 Å². The summed E-state index contributed by atoms with van der Waals surface area (Å²) in [5.74, 6) is 1.69. The maximum Gasteiger partial charge on any atom is 0.254 e. The van der Waals surface area contributed by atoms with E-state index < -0.39 is 0 Å². The fraction of sp³-hybridized carbons (Fsp3) is 0.458. The molecule has 0 N–H and O–H groups in total. The number of halogens is 2. The molecule has 0 spiro atoms. The van der Waals surface area contributed by atoms with Crippen molar-refractivity contribution in [1.82, 2.24) is 19.5 Å². The number of amides is 1. The van der Waals surface area contributed by atoms with E-state index in [2.05, 4.69) is 24.9 Å². The average Bonchev–Trinajstić information content (AvgIpc) is 3.40. The standard InChI is InChI=1S/C24H27Cl2N5O/c1-15-8-10-29(13-15)23-16(2)14-31-22(27-23)12-20(28-31)21-5-3-4-9-30(21)24(32)17-6-7-18(25)19(26)11-17/h6-7,11-12,14-15,21H,3-5,8-10,13H2,1-2H3/t15-,21-/m0/s1. The van der Waals surface area contributed by atoms with Crippen molar-refractivity contribution in [3.05, 3.63) is 57.3 Å². The van der Waals surface area contributed by atoms with Gasteiger partial charge in [0.05, 0.1) is 21.8 Å². The van der Waals surface area contributed by atoms with Crippen molar-refractivity contribution in [2.24, 2.45) is 5.92 Å². The lowest BCUT2D eigenvalue weighted by Crippen LogP contribution is -2.38. The zero-order valence-electron chi connectivity index (χ0n) is 18.4. The lowest BCUT2D eigenvalue weighted by molar-refractivity contribution is 0.0605. The number of benzene rings is 1. The van der Waals surface area contributed by atoms with Gasteiger partial charge in [-0.15, -0.1) is 0 Å². The Morgan fingerprint density at radius 1 is 1.09 bits per heavy atom. The van der Waals surface area contributed by atoms with Crippen molar-refractivity contribution in [3.8, 4) is 0 Å². The number of aryl methyl sites for hydroxylation is 1. The molecule has 2 aliphatic rings. The van der Waals surface area contributed by atoms with Crippen molar-refractivity contribution in [1.29, 1.82) is 0 Å². The van der Waals surface area contributed by atoms with Crippen LogP contribution in [0.4, 0.5) is 5.82 Å². The number of rotatable bonds is 3. The first-order chi connectivity index (χ1) is 15.4. The summed E-state index contributed by atoms with van der Waals surface area (Å²) in [5, 5.41) is 5.67. The Hall–Kier alpha value is -2.31. The van der Waals surface area contributed by atoms with E-state index in [1.807, 2.05) is 15.5 Å². The Balaban J connectivity index is 1.47. The van der Waals surface area contributed by atoms with Crippen LogP contribution in [0.1, 0.15) is 60.3 Å². The monoisotopic (exact) mass is 471 g/mol. The molecule has 6 nitrogen and oxygen atoms in total.